The number of rotatable bonds is 3. The number of alkyl halides is 1. The van der Waals surface area contributed by atoms with Gasteiger partial charge in [0.1, 0.15) is 4.88 Å². The Labute approximate surface area is 86.5 Å². The number of carbonyl (C=O) groups excluding carboxylic acids is 1. The molecule has 0 radical (unpaired) electrons. The summed E-state index contributed by atoms with van der Waals surface area (Å²) < 4.78 is 4.87. The summed E-state index contributed by atoms with van der Waals surface area (Å²) >= 11 is 7.11. The lowest BCUT2D eigenvalue weighted by Crippen LogP contribution is -2.01. The topological polar surface area (TPSA) is 26.3 Å². The van der Waals surface area contributed by atoms with E-state index in [0.29, 0.717) is 17.4 Å². The number of hydrogen-bond donors (Lipinski definition) is 0. The molecule has 0 unspecified atom stereocenters. The Balaban J connectivity index is 2.84. The van der Waals surface area contributed by atoms with Crippen LogP contribution >= 0.6 is 22.9 Å². The summed E-state index contributed by atoms with van der Waals surface area (Å²) in [6.45, 7) is 4.15. The number of ether oxygens (including phenoxy) is 1. The number of carbonyl (C=O) groups is 1. The van der Waals surface area contributed by atoms with E-state index in [9.17, 15) is 4.79 Å². The van der Waals surface area contributed by atoms with Crippen molar-refractivity contribution in [1.29, 1.82) is 0 Å². The van der Waals surface area contributed by atoms with Crippen LogP contribution in [0.4, 0.5) is 0 Å². The van der Waals surface area contributed by atoms with Crippen molar-refractivity contribution in [1.82, 2.24) is 0 Å². The predicted molar refractivity (Wildman–Crippen MR) is 54.6 cm³/mol. The molecule has 0 bridgehead atoms. The Morgan fingerprint density at radius 3 is 2.85 bits per heavy atom. The standard InChI is InChI=1S/C9H11ClO2S/c1-3-12-9(11)8-4-7(5-10)6(2)13-8/h4H,3,5H2,1-2H3. The lowest BCUT2D eigenvalue weighted by Gasteiger charge is -1.96. The molecule has 0 saturated heterocycles. The fourth-order valence-electron chi connectivity index (χ4n) is 0.955. The van der Waals surface area contributed by atoms with E-state index < -0.39 is 0 Å². The predicted octanol–water partition coefficient (Wildman–Crippen LogP) is 2.97. The Bertz CT molecular complexity index is 307. The first-order chi connectivity index (χ1) is 6.19. The van der Waals surface area contributed by atoms with Gasteiger partial charge >= 0.3 is 5.97 Å². The van der Waals surface area contributed by atoms with Crippen molar-refractivity contribution >= 4 is 28.9 Å². The van der Waals surface area contributed by atoms with Crippen LogP contribution in [0.15, 0.2) is 6.07 Å². The average Bonchev–Trinajstić information content (AvgIpc) is 2.47. The molecule has 1 rings (SSSR count). The van der Waals surface area contributed by atoms with Gasteiger partial charge in [-0.2, -0.15) is 0 Å². The van der Waals surface area contributed by atoms with E-state index in [1.54, 1.807) is 13.0 Å². The van der Waals surface area contributed by atoms with Gasteiger partial charge in [-0.25, -0.2) is 4.79 Å². The lowest BCUT2D eigenvalue weighted by molar-refractivity contribution is 0.0532. The number of thiophene rings is 1. The second-order valence-corrected chi connectivity index (χ2v) is 4.07. The molecule has 0 spiro atoms. The monoisotopic (exact) mass is 218 g/mol. The Hall–Kier alpha value is -0.540. The molecule has 0 aliphatic heterocycles. The smallest absolute Gasteiger partial charge is 0.348 e. The van der Waals surface area contributed by atoms with Gasteiger partial charge in [-0.3, -0.25) is 0 Å². The highest BCUT2D eigenvalue weighted by Crippen LogP contribution is 2.23. The van der Waals surface area contributed by atoms with E-state index in [1.165, 1.54) is 11.3 Å². The van der Waals surface area contributed by atoms with Crippen LogP contribution in [-0.4, -0.2) is 12.6 Å². The van der Waals surface area contributed by atoms with Crippen molar-refractivity contribution in [3.63, 3.8) is 0 Å². The Morgan fingerprint density at radius 2 is 2.38 bits per heavy atom. The van der Waals surface area contributed by atoms with Crippen LogP contribution in [0.3, 0.4) is 0 Å². The molecular formula is C9H11ClO2S. The van der Waals surface area contributed by atoms with Gasteiger partial charge in [-0.15, -0.1) is 22.9 Å². The average molecular weight is 219 g/mol. The second-order valence-electron chi connectivity index (χ2n) is 2.55. The van der Waals surface area contributed by atoms with E-state index in [0.717, 1.165) is 10.4 Å². The first-order valence-electron chi connectivity index (χ1n) is 4.01. The molecule has 0 aliphatic rings. The molecule has 1 aromatic rings. The fraction of sp³-hybridized carbons (Fsp3) is 0.444. The number of esters is 1. The minimum Gasteiger partial charge on any atom is -0.462 e. The van der Waals surface area contributed by atoms with Crippen molar-refractivity contribution in [3.8, 4) is 0 Å². The lowest BCUT2D eigenvalue weighted by atomic mass is 10.3. The highest BCUT2D eigenvalue weighted by molar-refractivity contribution is 7.14. The van der Waals surface area contributed by atoms with Gasteiger partial charge in [-0.05, 0) is 25.5 Å². The molecule has 0 amide bonds. The van der Waals surface area contributed by atoms with E-state index in [2.05, 4.69) is 0 Å². The summed E-state index contributed by atoms with van der Waals surface area (Å²) in [6.07, 6.45) is 0. The van der Waals surface area contributed by atoms with E-state index in [-0.39, 0.29) is 5.97 Å². The molecule has 1 aromatic heterocycles. The summed E-state index contributed by atoms with van der Waals surface area (Å²) in [5.41, 5.74) is 1.01. The molecule has 0 atom stereocenters. The van der Waals surface area contributed by atoms with Crippen molar-refractivity contribution in [2.75, 3.05) is 6.61 Å². The molecule has 13 heavy (non-hydrogen) atoms. The fourth-order valence-corrected chi connectivity index (χ4v) is 2.25. The maximum Gasteiger partial charge on any atom is 0.348 e. The maximum atomic E-state index is 11.3. The summed E-state index contributed by atoms with van der Waals surface area (Å²) in [5.74, 6) is 0.189. The quantitative estimate of drug-likeness (QED) is 0.576. The van der Waals surface area contributed by atoms with Crippen molar-refractivity contribution in [3.05, 3.63) is 21.4 Å². The molecule has 0 aliphatic carbocycles. The summed E-state index contributed by atoms with van der Waals surface area (Å²) in [7, 11) is 0. The van der Waals surface area contributed by atoms with Gasteiger partial charge in [0.05, 0.1) is 6.61 Å². The third-order valence-corrected chi connectivity index (χ3v) is 3.00. The first kappa shape index (κ1) is 10.5. The summed E-state index contributed by atoms with van der Waals surface area (Å²) in [6, 6.07) is 1.80. The van der Waals surface area contributed by atoms with E-state index >= 15 is 0 Å². The maximum absolute atomic E-state index is 11.3. The second kappa shape index (κ2) is 4.63. The van der Waals surface area contributed by atoms with Crippen molar-refractivity contribution in [2.45, 2.75) is 19.7 Å². The number of halogens is 1. The molecule has 0 aromatic carbocycles. The SMILES string of the molecule is CCOC(=O)c1cc(CCl)c(C)s1. The molecule has 72 valence electrons. The third kappa shape index (κ3) is 2.45. The first-order valence-corrected chi connectivity index (χ1v) is 5.36. The molecule has 0 N–H and O–H groups in total. The minimum absolute atomic E-state index is 0.257. The number of aryl methyl sites for hydroxylation is 1. The van der Waals surface area contributed by atoms with Gasteiger partial charge in [0.25, 0.3) is 0 Å². The number of hydrogen-bond acceptors (Lipinski definition) is 3. The zero-order valence-corrected chi connectivity index (χ0v) is 9.17. The molecular weight excluding hydrogens is 208 g/mol. The minimum atomic E-state index is -0.257. The molecule has 2 nitrogen and oxygen atoms in total. The zero-order chi connectivity index (χ0) is 9.84. The van der Waals surface area contributed by atoms with Gasteiger partial charge in [0.2, 0.25) is 0 Å². The van der Waals surface area contributed by atoms with E-state index in [4.69, 9.17) is 16.3 Å². The summed E-state index contributed by atoms with van der Waals surface area (Å²) in [4.78, 5) is 13.0. The van der Waals surface area contributed by atoms with Crippen LogP contribution < -0.4 is 0 Å². The van der Waals surface area contributed by atoms with Crippen LogP contribution in [0.1, 0.15) is 27.0 Å². The van der Waals surface area contributed by atoms with Crippen molar-refractivity contribution in [2.24, 2.45) is 0 Å². The van der Waals surface area contributed by atoms with Crippen LogP contribution in [0.5, 0.6) is 0 Å². The molecule has 1 heterocycles. The van der Waals surface area contributed by atoms with E-state index in [1.807, 2.05) is 6.92 Å². The molecule has 0 saturated carbocycles. The van der Waals surface area contributed by atoms with Crippen LogP contribution in [-0.2, 0) is 10.6 Å². The highest BCUT2D eigenvalue weighted by Gasteiger charge is 2.12. The van der Waals surface area contributed by atoms with Gasteiger partial charge < -0.3 is 4.74 Å². The van der Waals surface area contributed by atoms with Gasteiger partial charge in [0.15, 0.2) is 0 Å². The largest absolute Gasteiger partial charge is 0.462 e. The third-order valence-electron chi connectivity index (χ3n) is 1.64. The van der Waals surface area contributed by atoms with Crippen LogP contribution in [0, 0.1) is 6.92 Å². The Kier molecular flexibility index (Phi) is 3.75. The normalized spacial score (nSPS) is 10.1. The Morgan fingerprint density at radius 1 is 1.69 bits per heavy atom. The molecule has 4 heteroatoms. The van der Waals surface area contributed by atoms with Gasteiger partial charge in [-0.1, -0.05) is 0 Å². The summed E-state index contributed by atoms with van der Waals surface area (Å²) in [5, 5.41) is 0. The van der Waals surface area contributed by atoms with Crippen LogP contribution in [0.2, 0.25) is 0 Å². The molecule has 0 fully saturated rings. The highest BCUT2D eigenvalue weighted by atomic mass is 35.5. The van der Waals surface area contributed by atoms with Gasteiger partial charge in [0, 0.05) is 10.8 Å². The van der Waals surface area contributed by atoms with Crippen molar-refractivity contribution < 1.29 is 9.53 Å². The van der Waals surface area contributed by atoms with Crippen LogP contribution in [0.25, 0.3) is 0 Å². The zero-order valence-electron chi connectivity index (χ0n) is 7.59.